The molecule has 176 valence electrons. The number of fused-ring (bicyclic) bond motifs is 5. The summed E-state index contributed by atoms with van der Waals surface area (Å²) in [6, 6.07) is 0. The molecule has 0 aromatic rings. The number of ketones is 2. The molecule has 4 aliphatic carbocycles. The molecule has 9 atom stereocenters. The molecule has 3 saturated carbocycles. The summed E-state index contributed by atoms with van der Waals surface area (Å²) in [6.07, 6.45) is 3.09. The SMILES string of the molecule is CC(=O)OCC(=O)C1(O)C(C)CC2C3CC(Cl)C4=CC(=O)C=CC4(C)C3(F)C(O)CC21C. The molecule has 32 heavy (non-hydrogen) atoms. The topological polar surface area (TPSA) is 101 Å². The predicted molar refractivity (Wildman–Crippen MR) is 115 cm³/mol. The van der Waals surface area contributed by atoms with Gasteiger partial charge in [0, 0.05) is 23.7 Å². The van der Waals surface area contributed by atoms with Crippen LogP contribution < -0.4 is 0 Å². The van der Waals surface area contributed by atoms with Gasteiger partial charge in [-0.05, 0) is 55.7 Å². The van der Waals surface area contributed by atoms with E-state index in [0.29, 0.717) is 12.0 Å². The number of aliphatic hydroxyl groups excluding tert-OH is 1. The van der Waals surface area contributed by atoms with Gasteiger partial charge >= 0.3 is 5.97 Å². The third kappa shape index (κ3) is 2.74. The Morgan fingerprint density at radius 2 is 1.94 bits per heavy atom. The van der Waals surface area contributed by atoms with Crippen molar-refractivity contribution in [3.63, 3.8) is 0 Å². The van der Waals surface area contributed by atoms with Crippen molar-refractivity contribution in [1.29, 1.82) is 0 Å². The van der Waals surface area contributed by atoms with Crippen molar-refractivity contribution in [2.24, 2.45) is 28.6 Å². The number of Topliss-reactive ketones (excluding diaryl/α,β-unsaturated/α-hetero) is 1. The zero-order chi connectivity index (χ0) is 23.9. The van der Waals surface area contributed by atoms with Gasteiger partial charge in [-0.1, -0.05) is 19.9 Å². The lowest BCUT2D eigenvalue weighted by molar-refractivity contribution is -0.219. The maximum absolute atomic E-state index is 17.1. The van der Waals surface area contributed by atoms with Crippen LogP contribution in [0.4, 0.5) is 4.39 Å². The van der Waals surface area contributed by atoms with E-state index >= 15 is 4.39 Å². The molecule has 0 spiro atoms. The predicted octanol–water partition coefficient (Wildman–Crippen LogP) is 2.68. The van der Waals surface area contributed by atoms with Crippen LogP contribution in [0.3, 0.4) is 0 Å². The molecule has 0 radical (unpaired) electrons. The number of carbonyl (C=O) groups excluding carboxylic acids is 3. The summed E-state index contributed by atoms with van der Waals surface area (Å²) in [5.74, 6) is -3.25. The highest BCUT2D eigenvalue weighted by atomic mass is 35.5. The smallest absolute Gasteiger partial charge is 0.303 e. The number of halogens is 2. The van der Waals surface area contributed by atoms with E-state index in [0.717, 1.165) is 0 Å². The summed E-state index contributed by atoms with van der Waals surface area (Å²) < 4.78 is 22.0. The van der Waals surface area contributed by atoms with Gasteiger partial charge < -0.3 is 14.9 Å². The van der Waals surface area contributed by atoms with Crippen LogP contribution in [0.2, 0.25) is 0 Å². The first-order valence-electron chi connectivity index (χ1n) is 11.1. The number of alkyl halides is 2. The number of hydrogen-bond donors (Lipinski definition) is 2. The fourth-order valence-electron chi connectivity index (χ4n) is 7.41. The third-order valence-electron chi connectivity index (χ3n) is 9.04. The van der Waals surface area contributed by atoms with E-state index in [1.165, 1.54) is 25.2 Å². The van der Waals surface area contributed by atoms with Crippen molar-refractivity contribution >= 4 is 29.1 Å². The van der Waals surface area contributed by atoms with E-state index in [4.69, 9.17) is 16.3 Å². The van der Waals surface area contributed by atoms with Gasteiger partial charge in [0.15, 0.2) is 18.1 Å². The van der Waals surface area contributed by atoms with Gasteiger partial charge in [0.1, 0.15) is 5.60 Å². The Morgan fingerprint density at radius 1 is 1.28 bits per heavy atom. The minimum Gasteiger partial charge on any atom is -0.458 e. The molecule has 0 heterocycles. The second-order valence-corrected chi connectivity index (χ2v) is 11.0. The van der Waals surface area contributed by atoms with Crippen LogP contribution in [0.15, 0.2) is 23.8 Å². The van der Waals surface area contributed by atoms with Gasteiger partial charge in [0.25, 0.3) is 0 Å². The summed E-state index contributed by atoms with van der Waals surface area (Å²) in [4.78, 5) is 36.3. The van der Waals surface area contributed by atoms with E-state index < -0.39 is 69.7 Å². The minimum atomic E-state index is -2.12. The lowest BCUT2D eigenvalue weighted by Crippen LogP contribution is -2.70. The van der Waals surface area contributed by atoms with E-state index in [1.54, 1.807) is 20.8 Å². The van der Waals surface area contributed by atoms with Crippen molar-refractivity contribution < 1.29 is 33.7 Å². The van der Waals surface area contributed by atoms with Crippen molar-refractivity contribution in [2.45, 2.75) is 69.7 Å². The summed E-state index contributed by atoms with van der Waals surface area (Å²) >= 11 is 6.68. The molecule has 0 bridgehead atoms. The standard InChI is InChI=1S/C24H30ClFO6/c1-12-7-15-16-9-18(25)17-8-14(28)5-6-21(17,3)23(16,26)19(29)10-22(15,4)24(12,31)20(30)11-32-13(2)27/h5-6,8,12,15-16,18-19,29,31H,7,9-11H2,1-4H3. The minimum absolute atomic E-state index is 0.144. The Hall–Kier alpha value is -1.57. The highest BCUT2D eigenvalue weighted by Gasteiger charge is 2.76. The molecule has 0 saturated heterocycles. The Balaban J connectivity index is 1.79. The average Bonchev–Trinajstić information content (AvgIpc) is 2.91. The van der Waals surface area contributed by atoms with Crippen molar-refractivity contribution in [1.82, 2.24) is 0 Å². The highest BCUT2D eigenvalue weighted by Crippen LogP contribution is 2.71. The fourth-order valence-corrected chi connectivity index (χ4v) is 7.89. The number of carbonyl (C=O) groups is 3. The molecule has 4 aliphatic rings. The number of esters is 1. The average molecular weight is 469 g/mol. The van der Waals surface area contributed by atoms with Gasteiger partial charge in [0.05, 0.1) is 11.5 Å². The third-order valence-corrected chi connectivity index (χ3v) is 9.45. The highest BCUT2D eigenvalue weighted by molar-refractivity contribution is 6.23. The Bertz CT molecular complexity index is 947. The number of ether oxygens (including phenoxy) is 1. The van der Waals surface area contributed by atoms with Crippen LogP contribution in [0.25, 0.3) is 0 Å². The monoisotopic (exact) mass is 468 g/mol. The normalized spacial score (nSPS) is 49.6. The van der Waals surface area contributed by atoms with Crippen LogP contribution in [0, 0.1) is 28.6 Å². The first-order valence-corrected chi connectivity index (χ1v) is 11.5. The van der Waals surface area contributed by atoms with Crippen molar-refractivity contribution in [3.8, 4) is 0 Å². The van der Waals surface area contributed by atoms with Crippen LogP contribution in [-0.2, 0) is 19.1 Å². The molecular weight excluding hydrogens is 439 g/mol. The van der Waals surface area contributed by atoms with E-state index in [1.807, 2.05) is 0 Å². The first kappa shape index (κ1) is 23.6. The Labute approximate surface area is 191 Å². The van der Waals surface area contributed by atoms with Crippen molar-refractivity contribution in [3.05, 3.63) is 23.8 Å². The molecule has 0 aromatic carbocycles. The lowest BCUT2D eigenvalue weighted by Gasteiger charge is -2.63. The molecule has 3 fully saturated rings. The number of allylic oxidation sites excluding steroid dienone is 4. The molecule has 4 rings (SSSR count). The first-order chi connectivity index (χ1) is 14.7. The molecule has 8 heteroatoms. The molecule has 2 N–H and O–H groups in total. The van der Waals surface area contributed by atoms with Gasteiger partial charge in [-0.15, -0.1) is 11.6 Å². The zero-order valence-corrected chi connectivity index (χ0v) is 19.5. The maximum atomic E-state index is 17.1. The summed E-state index contributed by atoms with van der Waals surface area (Å²) in [5.41, 5.74) is -5.95. The molecule has 6 nitrogen and oxygen atoms in total. The lowest BCUT2D eigenvalue weighted by atomic mass is 9.44. The molecule has 0 aromatic heterocycles. The van der Waals surface area contributed by atoms with Crippen molar-refractivity contribution in [2.75, 3.05) is 6.61 Å². The second kappa shape index (κ2) is 7.21. The number of rotatable bonds is 3. The second-order valence-electron chi connectivity index (χ2n) is 10.5. The van der Waals surface area contributed by atoms with Gasteiger partial charge in [-0.2, -0.15) is 0 Å². The zero-order valence-electron chi connectivity index (χ0n) is 18.7. The quantitative estimate of drug-likeness (QED) is 0.488. The molecular formula is C24H30ClFO6. The van der Waals surface area contributed by atoms with Gasteiger partial charge in [0.2, 0.25) is 5.78 Å². The largest absolute Gasteiger partial charge is 0.458 e. The van der Waals surface area contributed by atoms with Crippen LogP contribution in [-0.4, -0.2) is 57.1 Å². The number of aliphatic hydroxyl groups is 2. The summed E-state index contributed by atoms with van der Waals surface area (Å²) in [7, 11) is 0. The fraction of sp³-hybridized carbons (Fsp3) is 0.708. The van der Waals surface area contributed by atoms with Crippen LogP contribution in [0.5, 0.6) is 0 Å². The maximum Gasteiger partial charge on any atom is 0.303 e. The van der Waals surface area contributed by atoms with Gasteiger partial charge in [-0.3, -0.25) is 14.4 Å². The molecule has 9 unspecified atom stereocenters. The van der Waals surface area contributed by atoms with E-state index in [2.05, 4.69) is 0 Å². The Kier molecular flexibility index (Phi) is 5.32. The van der Waals surface area contributed by atoms with Gasteiger partial charge in [-0.25, -0.2) is 4.39 Å². The summed E-state index contributed by atoms with van der Waals surface area (Å²) in [5, 5.41) is 22.4. The molecule has 0 aliphatic heterocycles. The summed E-state index contributed by atoms with van der Waals surface area (Å²) in [6.45, 7) is 5.71. The molecule has 0 amide bonds. The Morgan fingerprint density at radius 3 is 2.56 bits per heavy atom. The van der Waals surface area contributed by atoms with Crippen LogP contribution in [0.1, 0.15) is 47.0 Å². The van der Waals surface area contributed by atoms with E-state index in [-0.39, 0.29) is 18.6 Å². The van der Waals surface area contributed by atoms with Crippen LogP contribution >= 0.6 is 11.6 Å². The number of hydrogen-bond acceptors (Lipinski definition) is 6. The van der Waals surface area contributed by atoms with E-state index in [9.17, 15) is 24.6 Å².